The van der Waals surface area contributed by atoms with Crippen LogP contribution in [0.25, 0.3) is 0 Å². The maximum Gasteiger partial charge on any atom is 0.407 e. The van der Waals surface area contributed by atoms with Crippen LogP contribution < -0.4 is 5.32 Å². The first-order valence-electron chi connectivity index (χ1n) is 9.06. The number of carbonyl (C=O) groups is 3. The smallest absolute Gasteiger partial charge is 0.407 e. The number of piperazine rings is 1. The molecule has 0 bridgehead atoms. The van der Waals surface area contributed by atoms with E-state index in [2.05, 4.69) is 5.32 Å². The molecule has 3 amide bonds. The van der Waals surface area contributed by atoms with Crippen molar-refractivity contribution in [1.29, 1.82) is 0 Å². The highest BCUT2D eigenvalue weighted by Crippen LogP contribution is 2.14. The Morgan fingerprint density at radius 1 is 1.07 bits per heavy atom. The molecule has 0 atom stereocenters. The summed E-state index contributed by atoms with van der Waals surface area (Å²) in [5.41, 5.74) is -0.802. The van der Waals surface area contributed by atoms with Crippen LogP contribution in [0.15, 0.2) is 18.2 Å². The lowest BCUT2D eigenvalue weighted by atomic mass is 10.1. The first-order valence-corrected chi connectivity index (χ1v) is 9.06. The van der Waals surface area contributed by atoms with Crippen LogP contribution in [0.4, 0.5) is 13.6 Å². The van der Waals surface area contributed by atoms with Gasteiger partial charge < -0.3 is 19.9 Å². The lowest BCUT2D eigenvalue weighted by molar-refractivity contribution is -0.132. The minimum Gasteiger partial charge on any atom is -0.444 e. The van der Waals surface area contributed by atoms with Crippen LogP contribution in [0, 0.1) is 11.6 Å². The van der Waals surface area contributed by atoms with Crippen molar-refractivity contribution < 1.29 is 27.9 Å². The summed E-state index contributed by atoms with van der Waals surface area (Å²) in [6, 6.07) is 2.82. The van der Waals surface area contributed by atoms with Crippen LogP contribution in [0.5, 0.6) is 0 Å². The minimum absolute atomic E-state index is 0.111. The molecule has 1 aromatic rings. The number of alkyl carbamates (subject to hydrolysis) is 1. The summed E-state index contributed by atoms with van der Waals surface area (Å²) in [4.78, 5) is 39.2. The fourth-order valence-corrected chi connectivity index (χ4v) is 2.74. The third-order valence-corrected chi connectivity index (χ3v) is 4.09. The number of nitrogens with one attached hydrogen (secondary N) is 1. The van der Waals surface area contributed by atoms with Crippen molar-refractivity contribution in [2.75, 3.05) is 32.7 Å². The summed E-state index contributed by atoms with van der Waals surface area (Å²) in [6.45, 7) is 6.50. The van der Waals surface area contributed by atoms with Crippen molar-refractivity contribution in [3.8, 4) is 0 Å². The zero-order chi connectivity index (χ0) is 20.9. The van der Waals surface area contributed by atoms with Gasteiger partial charge in [0.15, 0.2) is 0 Å². The standard InChI is InChI=1S/C19H25F2N3O4/c1-19(2,3)28-18(27)22-7-6-16(25)23-8-10-24(11-9-23)17(26)14-5-4-13(20)12-15(14)21/h4-5,12H,6-11H2,1-3H3,(H,22,27). The van der Waals surface area contributed by atoms with E-state index < -0.39 is 29.2 Å². The molecule has 1 aromatic carbocycles. The molecule has 0 aliphatic carbocycles. The van der Waals surface area contributed by atoms with Gasteiger partial charge in [-0.25, -0.2) is 13.6 Å². The predicted molar refractivity (Wildman–Crippen MR) is 97.7 cm³/mol. The highest BCUT2D eigenvalue weighted by molar-refractivity contribution is 5.94. The second-order valence-electron chi connectivity index (χ2n) is 7.48. The van der Waals surface area contributed by atoms with E-state index in [4.69, 9.17) is 4.74 Å². The van der Waals surface area contributed by atoms with Gasteiger partial charge in [-0.3, -0.25) is 9.59 Å². The van der Waals surface area contributed by atoms with Gasteiger partial charge in [0, 0.05) is 45.2 Å². The zero-order valence-electron chi connectivity index (χ0n) is 16.3. The number of amides is 3. The summed E-state index contributed by atoms with van der Waals surface area (Å²) in [7, 11) is 0. The number of nitrogens with zero attached hydrogens (tertiary/aromatic N) is 2. The topological polar surface area (TPSA) is 79.0 Å². The molecule has 1 heterocycles. The fraction of sp³-hybridized carbons (Fsp3) is 0.526. The molecule has 2 rings (SSSR count). The summed E-state index contributed by atoms with van der Waals surface area (Å²) >= 11 is 0. The van der Waals surface area contributed by atoms with E-state index in [1.807, 2.05) is 0 Å². The lowest BCUT2D eigenvalue weighted by Gasteiger charge is -2.35. The summed E-state index contributed by atoms with van der Waals surface area (Å²) in [6.07, 6.45) is -0.475. The van der Waals surface area contributed by atoms with E-state index in [1.165, 1.54) is 4.90 Å². The van der Waals surface area contributed by atoms with Gasteiger partial charge in [0.25, 0.3) is 5.91 Å². The molecule has 154 valence electrons. The van der Waals surface area contributed by atoms with Crippen LogP contribution in [0.2, 0.25) is 0 Å². The maximum atomic E-state index is 13.8. The molecule has 0 spiro atoms. The quantitative estimate of drug-likeness (QED) is 0.845. The normalized spacial score (nSPS) is 14.6. The van der Waals surface area contributed by atoms with Gasteiger partial charge in [0.2, 0.25) is 5.91 Å². The maximum absolute atomic E-state index is 13.8. The third-order valence-electron chi connectivity index (χ3n) is 4.09. The average Bonchev–Trinajstić information content (AvgIpc) is 2.59. The summed E-state index contributed by atoms with van der Waals surface area (Å²) in [5, 5.41) is 2.52. The van der Waals surface area contributed by atoms with Crippen molar-refractivity contribution in [2.45, 2.75) is 32.8 Å². The van der Waals surface area contributed by atoms with Crippen molar-refractivity contribution in [3.05, 3.63) is 35.4 Å². The first-order chi connectivity index (χ1) is 13.1. The molecule has 1 N–H and O–H groups in total. The Morgan fingerprint density at radius 2 is 1.68 bits per heavy atom. The molecule has 0 radical (unpaired) electrons. The SMILES string of the molecule is CC(C)(C)OC(=O)NCCC(=O)N1CCN(C(=O)c2ccc(F)cc2F)CC1. The Bertz CT molecular complexity index is 741. The largest absolute Gasteiger partial charge is 0.444 e. The predicted octanol–water partition coefficient (Wildman–Crippen LogP) is 2.16. The number of ether oxygens (including phenoxy) is 1. The zero-order valence-corrected chi connectivity index (χ0v) is 16.3. The van der Waals surface area contributed by atoms with Gasteiger partial charge >= 0.3 is 6.09 Å². The highest BCUT2D eigenvalue weighted by atomic mass is 19.1. The van der Waals surface area contributed by atoms with E-state index >= 15 is 0 Å². The van der Waals surface area contributed by atoms with E-state index in [0.717, 1.165) is 12.1 Å². The molecule has 1 fully saturated rings. The molecular formula is C19H25F2N3O4. The number of hydrogen-bond acceptors (Lipinski definition) is 4. The van der Waals surface area contributed by atoms with Gasteiger partial charge in [0.1, 0.15) is 17.2 Å². The summed E-state index contributed by atoms with van der Waals surface area (Å²) in [5.74, 6) is -2.34. The Hall–Kier alpha value is -2.71. The lowest BCUT2D eigenvalue weighted by Crippen LogP contribution is -2.51. The molecule has 28 heavy (non-hydrogen) atoms. The number of halogens is 2. The fourth-order valence-electron chi connectivity index (χ4n) is 2.74. The van der Waals surface area contributed by atoms with Crippen LogP contribution in [-0.2, 0) is 9.53 Å². The Balaban J connectivity index is 1.77. The molecule has 1 saturated heterocycles. The van der Waals surface area contributed by atoms with E-state index in [0.29, 0.717) is 19.2 Å². The monoisotopic (exact) mass is 397 g/mol. The van der Waals surface area contributed by atoms with Gasteiger partial charge in [0.05, 0.1) is 5.56 Å². The van der Waals surface area contributed by atoms with Crippen LogP contribution >= 0.6 is 0 Å². The van der Waals surface area contributed by atoms with Crippen LogP contribution in [-0.4, -0.2) is 66.0 Å². The Kier molecular flexibility index (Phi) is 6.93. The second kappa shape index (κ2) is 8.99. The molecule has 0 unspecified atom stereocenters. The highest BCUT2D eigenvalue weighted by Gasteiger charge is 2.26. The van der Waals surface area contributed by atoms with E-state index in [-0.39, 0.29) is 37.5 Å². The van der Waals surface area contributed by atoms with Crippen molar-refractivity contribution >= 4 is 17.9 Å². The van der Waals surface area contributed by atoms with Crippen LogP contribution in [0.3, 0.4) is 0 Å². The van der Waals surface area contributed by atoms with Gasteiger partial charge in [-0.2, -0.15) is 0 Å². The van der Waals surface area contributed by atoms with Crippen molar-refractivity contribution in [3.63, 3.8) is 0 Å². The second-order valence-corrected chi connectivity index (χ2v) is 7.48. The summed E-state index contributed by atoms with van der Waals surface area (Å²) < 4.78 is 31.8. The van der Waals surface area contributed by atoms with Gasteiger partial charge in [-0.1, -0.05) is 0 Å². The molecular weight excluding hydrogens is 372 g/mol. The van der Waals surface area contributed by atoms with Crippen LogP contribution in [0.1, 0.15) is 37.6 Å². The number of rotatable bonds is 4. The van der Waals surface area contributed by atoms with Gasteiger partial charge in [-0.15, -0.1) is 0 Å². The number of hydrogen-bond donors (Lipinski definition) is 1. The first kappa shape index (κ1) is 21.6. The minimum atomic E-state index is -0.906. The molecule has 0 aromatic heterocycles. The van der Waals surface area contributed by atoms with E-state index in [1.54, 1.807) is 25.7 Å². The number of carbonyl (C=O) groups excluding carboxylic acids is 3. The third kappa shape index (κ3) is 6.17. The molecule has 1 aliphatic rings. The molecule has 1 aliphatic heterocycles. The van der Waals surface area contributed by atoms with Crippen molar-refractivity contribution in [2.24, 2.45) is 0 Å². The van der Waals surface area contributed by atoms with E-state index in [9.17, 15) is 23.2 Å². The molecule has 0 saturated carbocycles. The number of benzene rings is 1. The van der Waals surface area contributed by atoms with Crippen molar-refractivity contribution in [1.82, 2.24) is 15.1 Å². The Morgan fingerprint density at radius 3 is 2.25 bits per heavy atom. The van der Waals surface area contributed by atoms with Gasteiger partial charge in [-0.05, 0) is 32.9 Å². The molecule has 7 nitrogen and oxygen atoms in total. The molecule has 9 heteroatoms. The Labute approximate surface area is 162 Å². The average molecular weight is 397 g/mol.